The summed E-state index contributed by atoms with van der Waals surface area (Å²) in [5.41, 5.74) is 8.88. The number of aryl methyl sites for hydroxylation is 2. The van der Waals surface area contributed by atoms with Crippen LogP contribution in [0.25, 0.3) is 10.9 Å². The standard InChI is InChI=1S/C15H17N5S/c1-3-6-12-13(16)15(20(2)19-12)21-14-10-7-4-5-8-11(10)17-9-18-14/h4-5,7-9H,3,6,16H2,1-2H3. The number of hydrogen-bond acceptors (Lipinski definition) is 5. The van der Waals surface area contributed by atoms with Gasteiger partial charge in [0.05, 0.1) is 16.9 Å². The molecule has 0 unspecified atom stereocenters. The Balaban J connectivity index is 2.03. The molecular weight excluding hydrogens is 282 g/mol. The highest BCUT2D eigenvalue weighted by Gasteiger charge is 2.15. The molecule has 108 valence electrons. The fourth-order valence-electron chi connectivity index (χ4n) is 2.27. The number of rotatable bonds is 4. The SMILES string of the molecule is CCCc1nn(C)c(Sc2ncnc3ccccc23)c1N. The van der Waals surface area contributed by atoms with E-state index in [4.69, 9.17) is 5.73 Å². The number of fused-ring (bicyclic) bond motifs is 1. The Labute approximate surface area is 127 Å². The van der Waals surface area contributed by atoms with Crippen LogP contribution in [0.4, 0.5) is 5.69 Å². The molecule has 0 fully saturated rings. The van der Waals surface area contributed by atoms with Crippen molar-refractivity contribution in [1.82, 2.24) is 19.7 Å². The van der Waals surface area contributed by atoms with Crippen molar-refractivity contribution in [3.05, 3.63) is 36.3 Å². The van der Waals surface area contributed by atoms with Crippen molar-refractivity contribution in [1.29, 1.82) is 0 Å². The van der Waals surface area contributed by atoms with Crippen LogP contribution in [0.3, 0.4) is 0 Å². The second kappa shape index (κ2) is 5.73. The van der Waals surface area contributed by atoms with E-state index in [1.54, 1.807) is 18.1 Å². The summed E-state index contributed by atoms with van der Waals surface area (Å²) in [6, 6.07) is 7.97. The maximum absolute atomic E-state index is 6.23. The minimum Gasteiger partial charge on any atom is -0.395 e. The summed E-state index contributed by atoms with van der Waals surface area (Å²) in [7, 11) is 1.92. The predicted molar refractivity (Wildman–Crippen MR) is 85.3 cm³/mol. The second-order valence-electron chi connectivity index (χ2n) is 4.84. The van der Waals surface area contributed by atoms with Crippen LogP contribution in [0, 0.1) is 0 Å². The van der Waals surface area contributed by atoms with Crippen molar-refractivity contribution < 1.29 is 0 Å². The van der Waals surface area contributed by atoms with Gasteiger partial charge in [0, 0.05) is 12.4 Å². The molecule has 5 nitrogen and oxygen atoms in total. The summed E-state index contributed by atoms with van der Waals surface area (Å²) in [5, 5.41) is 7.37. The molecule has 0 amide bonds. The number of nitrogens with two attached hydrogens (primary N) is 1. The molecule has 0 aliphatic carbocycles. The van der Waals surface area contributed by atoms with E-state index >= 15 is 0 Å². The molecule has 3 rings (SSSR count). The molecule has 6 heteroatoms. The Kier molecular flexibility index (Phi) is 3.79. The number of para-hydroxylation sites is 1. The fourth-order valence-corrected chi connectivity index (χ4v) is 3.24. The fraction of sp³-hybridized carbons (Fsp3) is 0.267. The molecule has 0 saturated carbocycles. The van der Waals surface area contributed by atoms with Crippen LogP contribution in [-0.2, 0) is 13.5 Å². The van der Waals surface area contributed by atoms with Gasteiger partial charge in [0.25, 0.3) is 0 Å². The first-order valence-corrected chi connectivity index (χ1v) is 7.71. The third-order valence-electron chi connectivity index (χ3n) is 3.29. The van der Waals surface area contributed by atoms with Crippen molar-refractivity contribution in [2.45, 2.75) is 29.8 Å². The largest absolute Gasteiger partial charge is 0.395 e. The molecule has 2 aromatic heterocycles. The van der Waals surface area contributed by atoms with Gasteiger partial charge in [-0.1, -0.05) is 31.5 Å². The van der Waals surface area contributed by atoms with Gasteiger partial charge in [-0.25, -0.2) is 9.97 Å². The highest BCUT2D eigenvalue weighted by molar-refractivity contribution is 7.99. The summed E-state index contributed by atoms with van der Waals surface area (Å²) >= 11 is 1.54. The maximum atomic E-state index is 6.23. The van der Waals surface area contributed by atoms with E-state index in [1.807, 2.05) is 36.0 Å². The van der Waals surface area contributed by atoms with Crippen molar-refractivity contribution in [3.8, 4) is 0 Å². The molecule has 2 N–H and O–H groups in total. The monoisotopic (exact) mass is 299 g/mol. The Morgan fingerprint density at radius 1 is 1.24 bits per heavy atom. The maximum Gasteiger partial charge on any atom is 0.123 e. The first-order valence-electron chi connectivity index (χ1n) is 6.89. The normalized spacial score (nSPS) is 11.1. The van der Waals surface area contributed by atoms with Gasteiger partial charge in [-0.05, 0) is 24.2 Å². The Hall–Kier alpha value is -2.08. The minimum absolute atomic E-state index is 0.757. The van der Waals surface area contributed by atoms with E-state index in [0.717, 1.165) is 45.2 Å². The molecule has 21 heavy (non-hydrogen) atoms. The summed E-state index contributed by atoms with van der Waals surface area (Å²) < 4.78 is 1.84. The molecule has 3 aromatic rings. The van der Waals surface area contributed by atoms with E-state index < -0.39 is 0 Å². The summed E-state index contributed by atoms with van der Waals surface area (Å²) in [4.78, 5) is 8.68. The molecular formula is C15H17N5S. The van der Waals surface area contributed by atoms with Gasteiger partial charge in [-0.3, -0.25) is 4.68 Å². The topological polar surface area (TPSA) is 69.6 Å². The quantitative estimate of drug-likeness (QED) is 0.750. The van der Waals surface area contributed by atoms with Gasteiger partial charge >= 0.3 is 0 Å². The average molecular weight is 299 g/mol. The molecule has 0 spiro atoms. The summed E-state index contributed by atoms with van der Waals surface area (Å²) in [6.45, 7) is 2.12. The van der Waals surface area contributed by atoms with E-state index in [1.165, 1.54) is 0 Å². The molecule has 2 heterocycles. The third kappa shape index (κ3) is 2.58. The van der Waals surface area contributed by atoms with Crippen LogP contribution in [-0.4, -0.2) is 19.7 Å². The first-order chi connectivity index (χ1) is 10.2. The van der Waals surface area contributed by atoms with Crippen LogP contribution < -0.4 is 5.73 Å². The summed E-state index contributed by atoms with van der Waals surface area (Å²) in [5.74, 6) is 0. The van der Waals surface area contributed by atoms with Crippen LogP contribution in [0.15, 0.2) is 40.6 Å². The Bertz CT molecular complexity index is 776. The number of aromatic nitrogens is 4. The number of hydrogen-bond donors (Lipinski definition) is 1. The van der Waals surface area contributed by atoms with E-state index in [-0.39, 0.29) is 0 Å². The molecule has 0 saturated heterocycles. The lowest BCUT2D eigenvalue weighted by molar-refractivity contribution is 0.681. The van der Waals surface area contributed by atoms with Crippen molar-refractivity contribution in [3.63, 3.8) is 0 Å². The zero-order valence-corrected chi connectivity index (χ0v) is 12.9. The van der Waals surface area contributed by atoms with Gasteiger partial charge in [0.15, 0.2) is 0 Å². The predicted octanol–water partition coefficient (Wildman–Crippen LogP) is 3.05. The highest BCUT2D eigenvalue weighted by Crippen LogP contribution is 2.35. The first kappa shape index (κ1) is 13.9. The van der Waals surface area contributed by atoms with Crippen LogP contribution in [0.1, 0.15) is 19.0 Å². The number of benzene rings is 1. The number of anilines is 1. The Morgan fingerprint density at radius 3 is 2.86 bits per heavy atom. The molecule has 0 aliphatic rings. The lowest BCUT2D eigenvalue weighted by Gasteiger charge is -2.05. The number of nitrogen functional groups attached to an aromatic ring is 1. The van der Waals surface area contributed by atoms with Crippen LogP contribution in [0.5, 0.6) is 0 Å². The van der Waals surface area contributed by atoms with Crippen molar-refractivity contribution in [2.75, 3.05) is 5.73 Å². The van der Waals surface area contributed by atoms with E-state index in [2.05, 4.69) is 22.0 Å². The summed E-state index contributed by atoms with van der Waals surface area (Å²) in [6.07, 6.45) is 3.51. The highest BCUT2D eigenvalue weighted by atomic mass is 32.2. The Morgan fingerprint density at radius 2 is 2.05 bits per heavy atom. The van der Waals surface area contributed by atoms with Gasteiger partial charge in [-0.15, -0.1) is 0 Å². The zero-order valence-electron chi connectivity index (χ0n) is 12.1. The van der Waals surface area contributed by atoms with Gasteiger partial charge < -0.3 is 5.73 Å². The van der Waals surface area contributed by atoms with Crippen molar-refractivity contribution >= 4 is 28.4 Å². The molecule has 0 bridgehead atoms. The average Bonchev–Trinajstić information content (AvgIpc) is 2.76. The second-order valence-corrected chi connectivity index (χ2v) is 5.81. The van der Waals surface area contributed by atoms with Crippen LogP contribution in [0.2, 0.25) is 0 Å². The van der Waals surface area contributed by atoms with Gasteiger partial charge in [-0.2, -0.15) is 5.10 Å². The number of nitrogens with zero attached hydrogens (tertiary/aromatic N) is 4. The van der Waals surface area contributed by atoms with Gasteiger partial charge in [0.2, 0.25) is 0 Å². The van der Waals surface area contributed by atoms with E-state index in [0.29, 0.717) is 0 Å². The smallest absolute Gasteiger partial charge is 0.123 e. The molecule has 0 atom stereocenters. The third-order valence-corrected chi connectivity index (χ3v) is 4.49. The lowest BCUT2D eigenvalue weighted by atomic mass is 10.2. The zero-order chi connectivity index (χ0) is 14.8. The van der Waals surface area contributed by atoms with Gasteiger partial charge in [0.1, 0.15) is 16.4 Å². The molecule has 0 aliphatic heterocycles. The van der Waals surface area contributed by atoms with E-state index in [9.17, 15) is 0 Å². The van der Waals surface area contributed by atoms with Crippen LogP contribution >= 0.6 is 11.8 Å². The minimum atomic E-state index is 0.757. The molecule has 1 aromatic carbocycles. The molecule has 0 radical (unpaired) electrons. The van der Waals surface area contributed by atoms with Crippen molar-refractivity contribution in [2.24, 2.45) is 7.05 Å². The lowest BCUT2D eigenvalue weighted by Crippen LogP contribution is -1.95.